The lowest BCUT2D eigenvalue weighted by atomic mass is 10.1. The molecule has 3 rings (SSSR count). The maximum absolute atomic E-state index is 12.5. The van der Waals surface area contributed by atoms with E-state index in [1.54, 1.807) is 12.1 Å². The smallest absolute Gasteiger partial charge is 0.341 e. The van der Waals surface area contributed by atoms with Gasteiger partial charge in [0.15, 0.2) is 9.84 Å². The van der Waals surface area contributed by atoms with E-state index in [1.165, 1.54) is 30.6 Å². The Morgan fingerprint density at radius 2 is 1.93 bits per heavy atom. The second-order valence-corrected chi connectivity index (χ2v) is 10.1. The summed E-state index contributed by atoms with van der Waals surface area (Å²) >= 11 is 1.43. The summed E-state index contributed by atoms with van der Waals surface area (Å²) in [5.41, 5.74) is 1.98. The summed E-state index contributed by atoms with van der Waals surface area (Å²) in [5.74, 6) is -0.759. The number of hydrogen-bond acceptors (Lipinski definition) is 7. The van der Waals surface area contributed by atoms with Crippen LogP contribution >= 0.6 is 11.3 Å². The van der Waals surface area contributed by atoms with E-state index in [9.17, 15) is 18.0 Å². The quantitative estimate of drug-likeness (QED) is 0.532. The summed E-state index contributed by atoms with van der Waals surface area (Å²) in [6, 6.07) is 6.29. The van der Waals surface area contributed by atoms with Gasteiger partial charge in [-0.05, 0) is 49.4 Å². The average Bonchev–Trinajstić information content (AvgIpc) is 2.85. The van der Waals surface area contributed by atoms with Crippen LogP contribution in [-0.4, -0.2) is 40.2 Å². The Bertz CT molecular complexity index is 1030. The van der Waals surface area contributed by atoms with Crippen LogP contribution in [0.3, 0.4) is 0 Å². The normalized spacial score (nSPS) is 13.9. The molecule has 1 aromatic heterocycles. The van der Waals surface area contributed by atoms with Crippen LogP contribution in [0.5, 0.6) is 0 Å². The van der Waals surface area contributed by atoms with Gasteiger partial charge >= 0.3 is 5.97 Å². The number of thiophene rings is 1. The second kappa shape index (κ2) is 8.96. The molecule has 2 aromatic rings. The van der Waals surface area contributed by atoms with Crippen molar-refractivity contribution in [1.29, 1.82) is 0 Å². The van der Waals surface area contributed by atoms with E-state index in [4.69, 9.17) is 4.74 Å². The van der Waals surface area contributed by atoms with Crippen LogP contribution in [0.1, 0.15) is 40.1 Å². The number of hydrogen-bond donors (Lipinski definition) is 2. The highest BCUT2D eigenvalue weighted by Gasteiger charge is 2.26. The Kier molecular flexibility index (Phi) is 6.59. The molecule has 0 fully saturated rings. The van der Waals surface area contributed by atoms with Crippen molar-refractivity contribution in [2.45, 2.75) is 37.0 Å². The number of anilines is 2. The number of carbonyl (C=O) groups is 2. The number of amides is 1. The molecule has 0 atom stereocenters. The van der Waals surface area contributed by atoms with Crippen molar-refractivity contribution in [1.82, 2.24) is 0 Å². The van der Waals surface area contributed by atoms with Gasteiger partial charge < -0.3 is 15.4 Å². The zero-order valence-electron chi connectivity index (χ0n) is 16.4. The van der Waals surface area contributed by atoms with Crippen LogP contribution in [0.15, 0.2) is 29.2 Å². The van der Waals surface area contributed by atoms with Gasteiger partial charge in [-0.3, -0.25) is 4.79 Å². The number of benzene rings is 1. The minimum Gasteiger partial charge on any atom is -0.465 e. The first-order valence-corrected chi connectivity index (χ1v) is 12.1. The molecule has 1 aromatic carbocycles. The van der Waals surface area contributed by atoms with Crippen molar-refractivity contribution >= 4 is 43.7 Å². The fraction of sp³-hybridized carbons (Fsp3) is 0.400. The Morgan fingerprint density at radius 3 is 2.66 bits per heavy atom. The van der Waals surface area contributed by atoms with E-state index < -0.39 is 15.8 Å². The fourth-order valence-electron chi connectivity index (χ4n) is 3.34. The molecule has 29 heavy (non-hydrogen) atoms. The number of rotatable bonds is 6. The van der Waals surface area contributed by atoms with E-state index in [0.717, 1.165) is 48.8 Å². The van der Waals surface area contributed by atoms with Crippen LogP contribution < -0.4 is 10.6 Å². The van der Waals surface area contributed by atoms with Crippen molar-refractivity contribution in [2.75, 3.05) is 30.5 Å². The number of nitrogens with one attached hydrogen (secondary N) is 2. The Labute approximate surface area is 174 Å². The third kappa shape index (κ3) is 5.16. The highest BCUT2D eigenvalue weighted by Crippen LogP contribution is 2.37. The summed E-state index contributed by atoms with van der Waals surface area (Å²) in [6.07, 6.45) is 6.05. The Balaban J connectivity index is 1.73. The monoisotopic (exact) mass is 436 g/mol. The first-order valence-electron chi connectivity index (χ1n) is 9.36. The average molecular weight is 437 g/mol. The van der Waals surface area contributed by atoms with E-state index in [1.807, 2.05) is 0 Å². The molecule has 0 aliphatic heterocycles. The number of esters is 1. The number of carbonyl (C=O) groups excluding carboxylic acids is 2. The van der Waals surface area contributed by atoms with Crippen molar-refractivity contribution in [3.05, 3.63) is 40.3 Å². The highest BCUT2D eigenvalue weighted by atomic mass is 32.2. The minimum atomic E-state index is -3.33. The lowest BCUT2D eigenvalue weighted by Crippen LogP contribution is -2.22. The zero-order chi connectivity index (χ0) is 21.0. The first kappa shape index (κ1) is 21.3. The first-order chi connectivity index (χ1) is 13.8. The topological polar surface area (TPSA) is 102 Å². The lowest BCUT2D eigenvalue weighted by Gasteiger charge is -2.09. The van der Waals surface area contributed by atoms with Gasteiger partial charge in [-0.25, -0.2) is 13.2 Å². The highest BCUT2D eigenvalue weighted by molar-refractivity contribution is 7.90. The maximum Gasteiger partial charge on any atom is 0.341 e. The summed E-state index contributed by atoms with van der Waals surface area (Å²) in [4.78, 5) is 26.1. The molecule has 0 unspecified atom stereocenters. The molecule has 1 amide bonds. The zero-order valence-corrected chi connectivity index (χ0v) is 18.0. The maximum atomic E-state index is 12.5. The second-order valence-electron chi connectivity index (χ2n) is 6.96. The molecule has 7 nitrogen and oxygen atoms in total. The van der Waals surface area contributed by atoms with Gasteiger partial charge in [-0.15, -0.1) is 11.3 Å². The molecule has 0 saturated carbocycles. The molecule has 2 N–H and O–H groups in total. The SMILES string of the molecule is COC(=O)c1c(NC(=O)CNc2cccc(S(C)(=O)=O)c2)sc2c1CCCCC2. The number of sulfone groups is 1. The standard InChI is InChI=1S/C20H24N2O5S2/c1-27-20(24)18-15-9-4-3-5-10-16(15)28-19(18)22-17(23)12-21-13-7-6-8-14(11-13)29(2,25)26/h6-8,11,21H,3-5,9-10,12H2,1-2H3,(H,22,23). The van der Waals surface area contributed by atoms with E-state index in [2.05, 4.69) is 10.6 Å². The Morgan fingerprint density at radius 1 is 1.17 bits per heavy atom. The van der Waals surface area contributed by atoms with Crippen LogP contribution in [0.2, 0.25) is 0 Å². The predicted molar refractivity (Wildman–Crippen MR) is 114 cm³/mol. The molecule has 9 heteroatoms. The van der Waals surface area contributed by atoms with E-state index >= 15 is 0 Å². The van der Waals surface area contributed by atoms with Gasteiger partial charge in [-0.1, -0.05) is 12.5 Å². The fourth-order valence-corrected chi connectivity index (χ4v) is 5.30. The number of ether oxygens (including phenoxy) is 1. The molecule has 1 aliphatic rings. The van der Waals surface area contributed by atoms with Gasteiger partial charge in [0.1, 0.15) is 5.00 Å². The van der Waals surface area contributed by atoms with Gasteiger partial charge in [0, 0.05) is 16.8 Å². The van der Waals surface area contributed by atoms with Crippen LogP contribution in [-0.2, 0) is 32.2 Å². The van der Waals surface area contributed by atoms with Gasteiger partial charge in [0.25, 0.3) is 0 Å². The summed E-state index contributed by atoms with van der Waals surface area (Å²) in [5, 5.41) is 6.25. The van der Waals surface area contributed by atoms with Crippen molar-refractivity contribution in [3.63, 3.8) is 0 Å². The minimum absolute atomic E-state index is 0.0591. The van der Waals surface area contributed by atoms with Gasteiger partial charge in [0.2, 0.25) is 5.91 Å². The molecular weight excluding hydrogens is 412 g/mol. The third-order valence-electron chi connectivity index (χ3n) is 4.78. The molecule has 156 valence electrons. The molecule has 0 radical (unpaired) electrons. The number of aryl methyl sites for hydroxylation is 1. The molecule has 0 spiro atoms. The molecule has 0 saturated heterocycles. The van der Waals surface area contributed by atoms with Gasteiger partial charge in [-0.2, -0.15) is 0 Å². The summed E-state index contributed by atoms with van der Waals surface area (Å²) in [7, 11) is -1.99. The molecular formula is C20H24N2O5S2. The van der Waals surface area contributed by atoms with E-state index in [-0.39, 0.29) is 17.3 Å². The lowest BCUT2D eigenvalue weighted by molar-refractivity contribution is -0.114. The summed E-state index contributed by atoms with van der Waals surface area (Å²) in [6.45, 7) is -0.0591. The number of fused-ring (bicyclic) bond motifs is 1. The van der Waals surface area contributed by atoms with Crippen molar-refractivity contribution in [3.8, 4) is 0 Å². The van der Waals surface area contributed by atoms with Crippen LogP contribution in [0, 0.1) is 0 Å². The molecule has 1 heterocycles. The third-order valence-corrected chi connectivity index (χ3v) is 7.10. The summed E-state index contributed by atoms with van der Waals surface area (Å²) < 4.78 is 28.3. The largest absolute Gasteiger partial charge is 0.465 e. The molecule has 1 aliphatic carbocycles. The predicted octanol–water partition coefficient (Wildman–Crippen LogP) is 3.26. The number of methoxy groups -OCH3 is 1. The van der Waals surface area contributed by atoms with Crippen molar-refractivity contribution < 1.29 is 22.7 Å². The van der Waals surface area contributed by atoms with Gasteiger partial charge in [0.05, 0.1) is 24.1 Å². The van der Waals surface area contributed by atoms with E-state index in [0.29, 0.717) is 16.3 Å². The van der Waals surface area contributed by atoms with Crippen molar-refractivity contribution in [2.24, 2.45) is 0 Å². The molecule has 0 bridgehead atoms. The van der Waals surface area contributed by atoms with Crippen LogP contribution in [0.25, 0.3) is 0 Å². The van der Waals surface area contributed by atoms with Crippen LogP contribution in [0.4, 0.5) is 10.7 Å². The Hall–Kier alpha value is -2.39.